The minimum absolute atomic E-state index is 0.778. The van der Waals surface area contributed by atoms with Crippen molar-refractivity contribution in [2.45, 2.75) is 13.0 Å². The molecule has 0 spiro atoms. The van der Waals surface area contributed by atoms with E-state index in [-0.39, 0.29) is 0 Å². The van der Waals surface area contributed by atoms with Gasteiger partial charge in [0.05, 0.1) is 5.71 Å². The summed E-state index contributed by atoms with van der Waals surface area (Å²) in [7, 11) is 0. The van der Waals surface area contributed by atoms with Gasteiger partial charge in [0.25, 0.3) is 0 Å². The van der Waals surface area contributed by atoms with Crippen LogP contribution in [-0.2, 0) is 6.54 Å². The zero-order chi connectivity index (χ0) is 13.1. The van der Waals surface area contributed by atoms with E-state index in [4.69, 9.17) is 5.21 Å². The molecule has 3 heteroatoms. The molecule has 2 aromatic rings. The Hall–Kier alpha value is -2.29. The highest BCUT2D eigenvalue weighted by molar-refractivity contribution is 6.06. The molecule has 0 unspecified atom stereocenters. The van der Waals surface area contributed by atoms with Crippen molar-refractivity contribution in [2.24, 2.45) is 5.16 Å². The molecule has 3 rings (SSSR count). The lowest BCUT2D eigenvalue weighted by atomic mass is 9.99. The van der Waals surface area contributed by atoms with Crippen molar-refractivity contribution in [1.29, 1.82) is 0 Å². The van der Waals surface area contributed by atoms with Crippen LogP contribution in [0.25, 0.3) is 0 Å². The molecular weight excluding hydrogens is 236 g/mol. The molecule has 96 valence electrons. The average Bonchev–Trinajstić information content (AvgIpc) is 2.49. The van der Waals surface area contributed by atoms with Crippen molar-refractivity contribution in [3.63, 3.8) is 0 Å². The van der Waals surface area contributed by atoms with Crippen molar-refractivity contribution in [2.75, 3.05) is 11.4 Å². The minimum atomic E-state index is 0.778. The molecule has 0 amide bonds. The molecule has 1 N–H and O–H groups in total. The Balaban J connectivity index is 1.93. The quantitative estimate of drug-likeness (QED) is 0.657. The van der Waals surface area contributed by atoms with Crippen LogP contribution in [0.5, 0.6) is 0 Å². The number of hydrogen-bond acceptors (Lipinski definition) is 3. The first kappa shape index (κ1) is 11.8. The van der Waals surface area contributed by atoms with Gasteiger partial charge in [-0.05, 0) is 11.6 Å². The van der Waals surface area contributed by atoms with E-state index in [2.05, 4.69) is 40.4 Å². The molecule has 2 aromatic carbocycles. The summed E-state index contributed by atoms with van der Waals surface area (Å²) < 4.78 is 0. The summed E-state index contributed by atoms with van der Waals surface area (Å²) in [5.41, 5.74) is 4.25. The summed E-state index contributed by atoms with van der Waals surface area (Å²) in [4.78, 5) is 2.33. The fourth-order valence-corrected chi connectivity index (χ4v) is 2.56. The van der Waals surface area contributed by atoms with Gasteiger partial charge in [-0.15, -0.1) is 0 Å². The Morgan fingerprint density at radius 1 is 1.00 bits per heavy atom. The van der Waals surface area contributed by atoms with E-state index in [1.807, 2.05) is 24.3 Å². The van der Waals surface area contributed by atoms with Crippen LogP contribution in [0.2, 0.25) is 0 Å². The Kier molecular flexibility index (Phi) is 3.19. The summed E-state index contributed by atoms with van der Waals surface area (Å²) in [6.45, 7) is 1.77. The van der Waals surface area contributed by atoms with Crippen LogP contribution in [0.1, 0.15) is 17.5 Å². The van der Waals surface area contributed by atoms with Crippen molar-refractivity contribution < 1.29 is 5.21 Å². The van der Waals surface area contributed by atoms with Gasteiger partial charge in [-0.2, -0.15) is 0 Å². The first-order chi connectivity index (χ1) is 9.38. The van der Waals surface area contributed by atoms with E-state index in [1.165, 1.54) is 5.56 Å². The first-order valence-electron chi connectivity index (χ1n) is 6.47. The van der Waals surface area contributed by atoms with Gasteiger partial charge in [-0.25, -0.2) is 0 Å². The number of benzene rings is 2. The van der Waals surface area contributed by atoms with Crippen LogP contribution in [0.3, 0.4) is 0 Å². The summed E-state index contributed by atoms with van der Waals surface area (Å²) in [5, 5.41) is 12.5. The second-order valence-electron chi connectivity index (χ2n) is 4.72. The number of fused-ring (bicyclic) bond motifs is 1. The third kappa shape index (κ3) is 2.32. The standard InChI is InChI=1S/C16H16N2O/c19-17-15-10-11-18(12-13-6-2-1-3-7-13)16-9-5-4-8-14(15)16/h1-9,19H,10-12H2/b17-15-. The van der Waals surface area contributed by atoms with Gasteiger partial charge in [0.1, 0.15) is 0 Å². The van der Waals surface area contributed by atoms with Gasteiger partial charge >= 0.3 is 0 Å². The van der Waals surface area contributed by atoms with Crippen molar-refractivity contribution in [1.82, 2.24) is 0 Å². The molecule has 1 aliphatic heterocycles. The largest absolute Gasteiger partial charge is 0.411 e. The molecule has 0 bridgehead atoms. The average molecular weight is 252 g/mol. The maximum absolute atomic E-state index is 9.08. The van der Waals surface area contributed by atoms with E-state index in [0.29, 0.717) is 0 Å². The number of oxime groups is 1. The maximum atomic E-state index is 9.08. The number of nitrogens with zero attached hydrogens (tertiary/aromatic N) is 2. The number of hydrogen-bond donors (Lipinski definition) is 1. The van der Waals surface area contributed by atoms with Gasteiger partial charge in [0, 0.05) is 30.8 Å². The molecule has 0 fully saturated rings. The summed E-state index contributed by atoms with van der Waals surface area (Å²) >= 11 is 0. The number of para-hydroxylation sites is 1. The summed E-state index contributed by atoms with van der Waals surface area (Å²) in [5.74, 6) is 0. The Morgan fingerprint density at radius 2 is 1.74 bits per heavy atom. The Morgan fingerprint density at radius 3 is 2.53 bits per heavy atom. The van der Waals surface area contributed by atoms with Crippen LogP contribution in [0.4, 0.5) is 5.69 Å². The highest BCUT2D eigenvalue weighted by Gasteiger charge is 2.21. The maximum Gasteiger partial charge on any atom is 0.0906 e. The van der Waals surface area contributed by atoms with Crippen LogP contribution in [0, 0.1) is 0 Å². The van der Waals surface area contributed by atoms with E-state index in [9.17, 15) is 0 Å². The first-order valence-corrected chi connectivity index (χ1v) is 6.47. The van der Waals surface area contributed by atoms with E-state index in [1.54, 1.807) is 0 Å². The number of rotatable bonds is 2. The van der Waals surface area contributed by atoms with E-state index >= 15 is 0 Å². The van der Waals surface area contributed by atoms with Gasteiger partial charge in [-0.1, -0.05) is 53.7 Å². The third-order valence-electron chi connectivity index (χ3n) is 3.51. The Labute approximate surface area is 112 Å². The molecule has 0 saturated carbocycles. The highest BCUT2D eigenvalue weighted by atomic mass is 16.4. The molecule has 0 atom stereocenters. The molecule has 0 aliphatic carbocycles. The SMILES string of the molecule is O/N=C1/CCN(Cc2ccccc2)c2ccccc21. The van der Waals surface area contributed by atoms with Gasteiger partial charge in [-0.3, -0.25) is 0 Å². The molecule has 3 nitrogen and oxygen atoms in total. The second kappa shape index (κ2) is 5.14. The smallest absolute Gasteiger partial charge is 0.0906 e. The van der Waals surface area contributed by atoms with Crippen LogP contribution in [-0.4, -0.2) is 17.5 Å². The van der Waals surface area contributed by atoms with Gasteiger partial charge < -0.3 is 10.1 Å². The fourth-order valence-electron chi connectivity index (χ4n) is 2.56. The lowest BCUT2D eigenvalue weighted by Crippen LogP contribution is -2.31. The number of anilines is 1. The zero-order valence-corrected chi connectivity index (χ0v) is 10.7. The highest BCUT2D eigenvalue weighted by Crippen LogP contribution is 2.28. The van der Waals surface area contributed by atoms with Crippen LogP contribution < -0.4 is 4.90 Å². The normalized spacial score (nSPS) is 16.4. The molecule has 0 radical (unpaired) electrons. The van der Waals surface area contributed by atoms with Crippen LogP contribution in [0.15, 0.2) is 59.8 Å². The minimum Gasteiger partial charge on any atom is -0.411 e. The summed E-state index contributed by atoms with van der Waals surface area (Å²) in [6, 6.07) is 18.5. The molecule has 19 heavy (non-hydrogen) atoms. The summed E-state index contributed by atoms with van der Waals surface area (Å²) in [6.07, 6.45) is 0.778. The molecule has 1 aliphatic rings. The monoisotopic (exact) mass is 252 g/mol. The predicted octanol–water partition coefficient (Wildman–Crippen LogP) is 3.28. The predicted molar refractivity (Wildman–Crippen MR) is 76.9 cm³/mol. The van der Waals surface area contributed by atoms with Crippen LogP contribution >= 0.6 is 0 Å². The fraction of sp³-hybridized carbons (Fsp3) is 0.188. The topological polar surface area (TPSA) is 35.8 Å². The van der Waals surface area contributed by atoms with Crippen molar-refractivity contribution >= 4 is 11.4 Å². The molecule has 0 saturated heterocycles. The Bertz CT molecular complexity index is 593. The molecular formula is C16H16N2O. The van der Waals surface area contributed by atoms with Gasteiger partial charge in [0.2, 0.25) is 0 Å². The lowest BCUT2D eigenvalue weighted by molar-refractivity contribution is 0.317. The third-order valence-corrected chi connectivity index (χ3v) is 3.51. The molecule has 1 heterocycles. The van der Waals surface area contributed by atoms with E-state index < -0.39 is 0 Å². The lowest BCUT2D eigenvalue weighted by Gasteiger charge is -2.31. The van der Waals surface area contributed by atoms with Gasteiger partial charge in [0.15, 0.2) is 0 Å². The van der Waals surface area contributed by atoms with Crippen molar-refractivity contribution in [3.8, 4) is 0 Å². The zero-order valence-electron chi connectivity index (χ0n) is 10.7. The second-order valence-corrected chi connectivity index (χ2v) is 4.72. The van der Waals surface area contributed by atoms with Crippen molar-refractivity contribution in [3.05, 3.63) is 65.7 Å². The van der Waals surface area contributed by atoms with E-state index in [0.717, 1.165) is 36.5 Å². The molecule has 0 aromatic heterocycles.